The van der Waals surface area contributed by atoms with E-state index >= 15 is 0 Å². The Morgan fingerprint density at radius 1 is 1.47 bits per heavy atom. The van der Waals surface area contributed by atoms with Crippen molar-refractivity contribution in [1.29, 1.82) is 0 Å². The van der Waals surface area contributed by atoms with Crippen molar-refractivity contribution in [2.45, 2.75) is 45.6 Å². The van der Waals surface area contributed by atoms with Gasteiger partial charge in [0, 0.05) is 17.7 Å². The van der Waals surface area contributed by atoms with Crippen LogP contribution in [0.4, 0.5) is 5.69 Å². The molecular formula is C15H22N2O2. The van der Waals surface area contributed by atoms with Gasteiger partial charge in [-0.15, -0.1) is 0 Å². The van der Waals surface area contributed by atoms with Gasteiger partial charge in [0.15, 0.2) is 0 Å². The lowest BCUT2D eigenvalue weighted by atomic mass is 9.83. The third kappa shape index (κ3) is 3.53. The molecule has 1 fully saturated rings. The van der Waals surface area contributed by atoms with Gasteiger partial charge in [-0.05, 0) is 38.3 Å². The number of nitro groups is 1. The summed E-state index contributed by atoms with van der Waals surface area (Å²) < 4.78 is 0. The van der Waals surface area contributed by atoms with Gasteiger partial charge in [-0.25, -0.2) is 0 Å². The molecule has 1 aliphatic rings. The number of aryl methyl sites for hydroxylation is 1. The maximum atomic E-state index is 10.9. The smallest absolute Gasteiger partial charge is 0.272 e. The van der Waals surface area contributed by atoms with Crippen molar-refractivity contribution in [2.24, 2.45) is 5.92 Å². The minimum Gasteiger partial charge on any atom is -0.310 e. The standard InChI is InChI=1S/C15H22N2O2/c1-11-6-7-14(10-15(11)17(18)19)12(2)16-9-8-13-4-3-5-13/h6-7,10,12-13,16H,3-5,8-9H2,1-2H3. The summed E-state index contributed by atoms with van der Waals surface area (Å²) in [5.74, 6) is 0.895. The lowest BCUT2D eigenvalue weighted by Crippen LogP contribution is -2.24. The zero-order valence-corrected chi connectivity index (χ0v) is 11.7. The second-order valence-electron chi connectivity index (χ2n) is 5.56. The highest BCUT2D eigenvalue weighted by Gasteiger charge is 2.18. The molecule has 0 radical (unpaired) electrons. The molecule has 4 nitrogen and oxygen atoms in total. The van der Waals surface area contributed by atoms with E-state index in [4.69, 9.17) is 0 Å². The summed E-state index contributed by atoms with van der Waals surface area (Å²) in [6.07, 6.45) is 5.33. The largest absolute Gasteiger partial charge is 0.310 e. The number of rotatable bonds is 6. The van der Waals surface area contributed by atoms with E-state index in [9.17, 15) is 10.1 Å². The van der Waals surface area contributed by atoms with Crippen molar-refractivity contribution in [3.8, 4) is 0 Å². The van der Waals surface area contributed by atoms with Gasteiger partial charge >= 0.3 is 0 Å². The molecule has 0 bridgehead atoms. The predicted octanol–water partition coefficient (Wildman–Crippen LogP) is 3.74. The van der Waals surface area contributed by atoms with Gasteiger partial charge in [0.1, 0.15) is 0 Å². The van der Waals surface area contributed by atoms with E-state index in [1.807, 2.05) is 12.1 Å². The fourth-order valence-corrected chi connectivity index (χ4v) is 2.50. The first kappa shape index (κ1) is 14.0. The molecule has 1 atom stereocenters. The zero-order valence-electron chi connectivity index (χ0n) is 11.7. The van der Waals surface area contributed by atoms with Crippen LogP contribution in [0.5, 0.6) is 0 Å². The molecule has 1 N–H and O–H groups in total. The summed E-state index contributed by atoms with van der Waals surface area (Å²) in [7, 11) is 0. The van der Waals surface area contributed by atoms with Gasteiger partial charge in [-0.3, -0.25) is 10.1 Å². The van der Waals surface area contributed by atoms with Crippen LogP contribution in [-0.2, 0) is 0 Å². The van der Waals surface area contributed by atoms with Gasteiger partial charge < -0.3 is 5.32 Å². The molecule has 19 heavy (non-hydrogen) atoms. The molecule has 0 heterocycles. The Kier molecular flexibility index (Phi) is 4.53. The van der Waals surface area contributed by atoms with Crippen molar-refractivity contribution >= 4 is 5.69 Å². The van der Waals surface area contributed by atoms with Crippen LogP contribution in [0.2, 0.25) is 0 Å². The van der Waals surface area contributed by atoms with E-state index in [2.05, 4.69) is 12.2 Å². The summed E-state index contributed by atoms with van der Waals surface area (Å²) >= 11 is 0. The Labute approximate surface area is 114 Å². The van der Waals surface area contributed by atoms with E-state index in [1.54, 1.807) is 13.0 Å². The Morgan fingerprint density at radius 2 is 2.21 bits per heavy atom. The molecule has 0 amide bonds. The van der Waals surface area contributed by atoms with Crippen LogP contribution in [0.25, 0.3) is 0 Å². The second kappa shape index (κ2) is 6.15. The van der Waals surface area contributed by atoms with Crippen LogP contribution >= 0.6 is 0 Å². The zero-order chi connectivity index (χ0) is 13.8. The predicted molar refractivity (Wildman–Crippen MR) is 76.2 cm³/mol. The summed E-state index contributed by atoms with van der Waals surface area (Å²) in [4.78, 5) is 10.6. The lowest BCUT2D eigenvalue weighted by molar-refractivity contribution is -0.385. The van der Waals surface area contributed by atoms with Crippen LogP contribution < -0.4 is 5.32 Å². The molecule has 2 rings (SSSR count). The van der Waals surface area contributed by atoms with Crippen LogP contribution in [0.1, 0.15) is 49.8 Å². The number of nitrogens with one attached hydrogen (secondary N) is 1. The van der Waals surface area contributed by atoms with Crippen molar-refractivity contribution in [3.05, 3.63) is 39.4 Å². The Balaban J connectivity index is 1.92. The van der Waals surface area contributed by atoms with Crippen molar-refractivity contribution < 1.29 is 4.92 Å². The topological polar surface area (TPSA) is 55.2 Å². The first-order valence-corrected chi connectivity index (χ1v) is 7.06. The van der Waals surface area contributed by atoms with Gasteiger partial charge in [0.25, 0.3) is 5.69 Å². The highest BCUT2D eigenvalue weighted by atomic mass is 16.6. The monoisotopic (exact) mass is 262 g/mol. The highest BCUT2D eigenvalue weighted by Crippen LogP contribution is 2.29. The molecule has 0 saturated heterocycles. The Bertz CT molecular complexity index is 455. The third-order valence-electron chi connectivity index (χ3n) is 4.16. The first-order valence-electron chi connectivity index (χ1n) is 7.06. The molecule has 0 aromatic heterocycles. The van der Waals surface area contributed by atoms with Crippen molar-refractivity contribution in [2.75, 3.05) is 6.54 Å². The maximum Gasteiger partial charge on any atom is 0.272 e. The molecule has 1 aromatic rings. The molecule has 104 valence electrons. The minimum absolute atomic E-state index is 0.166. The van der Waals surface area contributed by atoms with Crippen LogP contribution in [0.15, 0.2) is 18.2 Å². The average Bonchev–Trinajstić information content (AvgIpc) is 2.32. The molecule has 1 aliphatic carbocycles. The fraction of sp³-hybridized carbons (Fsp3) is 0.600. The summed E-state index contributed by atoms with van der Waals surface area (Å²) in [6, 6.07) is 5.66. The van der Waals surface area contributed by atoms with Crippen LogP contribution in [0, 0.1) is 23.0 Å². The Morgan fingerprint density at radius 3 is 2.79 bits per heavy atom. The van der Waals surface area contributed by atoms with Gasteiger partial charge in [0.05, 0.1) is 4.92 Å². The van der Waals surface area contributed by atoms with E-state index in [1.165, 1.54) is 25.7 Å². The summed E-state index contributed by atoms with van der Waals surface area (Å²) in [5.41, 5.74) is 1.92. The fourth-order valence-electron chi connectivity index (χ4n) is 2.50. The lowest BCUT2D eigenvalue weighted by Gasteiger charge is -2.26. The molecule has 1 unspecified atom stereocenters. The third-order valence-corrected chi connectivity index (χ3v) is 4.16. The molecule has 0 aliphatic heterocycles. The number of nitrogens with zero attached hydrogens (tertiary/aromatic N) is 1. The van der Waals surface area contributed by atoms with Crippen LogP contribution in [-0.4, -0.2) is 11.5 Å². The average molecular weight is 262 g/mol. The number of benzene rings is 1. The summed E-state index contributed by atoms with van der Waals surface area (Å²) in [6.45, 7) is 4.83. The number of hydrogen-bond acceptors (Lipinski definition) is 3. The normalized spacial score (nSPS) is 16.9. The molecule has 1 saturated carbocycles. The molecule has 1 aromatic carbocycles. The summed E-state index contributed by atoms with van der Waals surface area (Å²) in [5, 5.41) is 14.4. The van der Waals surface area contributed by atoms with Gasteiger partial charge in [-0.2, -0.15) is 0 Å². The second-order valence-corrected chi connectivity index (χ2v) is 5.56. The molecule has 0 spiro atoms. The molecular weight excluding hydrogens is 240 g/mol. The van der Waals surface area contributed by atoms with Crippen LogP contribution in [0.3, 0.4) is 0 Å². The van der Waals surface area contributed by atoms with Crippen molar-refractivity contribution in [3.63, 3.8) is 0 Å². The van der Waals surface area contributed by atoms with E-state index < -0.39 is 0 Å². The van der Waals surface area contributed by atoms with Gasteiger partial charge in [-0.1, -0.05) is 31.4 Å². The van der Waals surface area contributed by atoms with E-state index in [0.29, 0.717) is 0 Å². The number of nitro benzene ring substituents is 1. The maximum absolute atomic E-state index is 10.9. The first-order chi connectivity index (χ1) is 9.08. The number of hydrogen-bond donors (Lipinski definition) is 1. The minimum atomic E-state index is -0.306. The van der Waals surface area contributed by atoms with Gasteiger partial charge in [0.2, 0.25) is 0 Å². The van der Waals surface area contributed by atoms with Crippen molar-refractivity contribution in [1.82, 2.24) is 5.32 Å². The SMILES string of the molecule is Cc1ccc(C(C)NCCC2CCC2)cc1[N+](=O)[O-]. The quantitative estimate of drug-likeness (QED) is 0.627. The molecule has 4 heteroatoms. The Hall–Kier alpha value is -1.42. The highest BCUT2D eigenvalue weighted by molar-refractivity contribution is 5.43. The van der Waals surface area contributed by atoms with E-state index in [-0.39, 0.29) is 16.7 Å². The van der Waals surface area contributed by atoms with E-state index in [0.717, 1.165) is 23.6 Å².